The van der Waals surface area contributed by atoms with Crippen LogP contribution in [0.4, 0.5) is 0 Å². The number of halogens is 1. The van der Waals surface area contributed by atoms with E-state index in [1.165, 1.54) is 0 Å². The van der Waals surface area contributed by atoms with Crippen molar-refractivity contribution in [2.24, 2.45) is 7.05 Å². The fourth-order valence-electron chi connectivity index (χ4n) is 1.71. The highest BCUT2D eigenvalue weighted by Gasteiger charge is 2.07. The van der Waals surface area contributed by atoms with Gasteiger partial charge in [0.25, 0.3) is 0 Å². The Morgan fingerprint density at radius 2 is 2.06 bits per heavy atom. The van der Waals surface area contributed by atoms with Crippen LogP contribution >= 0.6 is 15.9 Å². The van der Waals surface area contributed by atoms with Crippen LogP contribution in [0.15, 0.2) is 28.7 Å². The van der Waals surface area contributed by atoms with E-state index < -0.39 is 0 Å². The van der Waals surface area contributed by atoms with Crippen molar-refractivity contribution in [2.45, 2.75) is 6.92 Å². The number of rotatable bonds is 2. The first-order chi connectivity index (χ1) is 7.61. The molecule has 0 aliphatic heterocycles. The van der Waals surface area contributed by atoms with E-state index in [-0.39, 0.29) is 0 Å². The lowest BCUT2D eigenvalue weighted by atomic mass is 10.1. The maximum atomic E-state index is 5.20. The predicted molar refractivity (Wildman–Crippen MR) is 67.6 cm³/mol. The molecule has 84 valence electrons. The highest BCUT2D eigenvalue weighted by atomic mass is 79.9. The van der Waals surface area contributed by atoms with Gasteiger partial charge in [0.15, 0.2) is 0 Å². The van der Waals surface area contributed by atoms with Crippen LogP contribution in [0.25, 0.3) is 11.3 Å². The summed E-state index contributed by atoms with van der Waals surface area (Å²) in [7, 11) is 3.61. The van der Waals surface area contributed by atoms with Crippen molar-refractivity contribution in [3.8, 4) is 17.0 Å². The molecule has 0 saturated heterocycles. The smallest absolute Gasteiger partial charge is 0.133 e. The largest absolute Gasteiger partial charge is 0.496 e. The first-order valence-electron chi connectivity index (χ1n) is 4.96. The van der Waals surface area contributed by atoms with Crippen molar-refractivity contribution in [1.82, 2.24) is 9.78 Å². The molecule has 0 aliphatic carbocycles. The van der Waals surface area contributed by atoms with Crippen molar-refractivity contribution < 1.29 is 4.74 Å². The molecule has 2 aromatic rings. The Morgan fingerprint density at radius 1 is 1.31 bits per heavy atom. The molecule has 0 bridgehead atoms. The molecule has 0 unspecified atom stereocenters. The van der Waals surface area contributed by atoms with Crippen molar-refractivity contribution in [2.75, 3.05) is 7.11 Å². The van der Waals surface area contributed by atoms with Gasteiger partial charge in [-0.3, -0.25) is 4.68 Å². The minimum absolute atomic E-state index is 0.836. The van der Waals surface area contributed by atoms with Crippen LogP contribution in [0.5, 0.6) is 5.75 Å². The monoisotopic (exact) mass is 280 g/mol. The molecule has 0 fully saturated rings. The van der Waals surface area contributed by atoms with E-state index in [2.05, 4.69) is 27.1 Å². The van der Waals surface area contributed by atoms with Crippen molar-refractivity contribution >= 4 is 15.9 Å². The van der Waals surface area contributed by atoms with E-state index in [4.69, 9.17) is 4.74 Å². The lowest BCUT2D eigenvalue weighted by Gasteiger charge is -2.06. The molecule has 1 heterocycles. The number of methoxy groups -OCH3 is 1. The number of benzene rings is 1. The molecule has 2 rings (SSSR count). The van der Waals surface area contributed by atoms with Gasteiger partial charge < -0.3 is 4.74 Å². The van der Waals surface area contributed by atoms with Gasteiger partial charge in [-0.1, -0.05) is 0 Å². The van der Waals surface area contributed by atoms with E-state index in [0.29, 0.717) is 0 Å². The molecule has 16 heavy (non-hydrogen) atoms. The Kier molecular flexibility index (Phi) is 3.01. The van der Waals surface area contributed by atoms with Gasteiger partial charge >= 0.3 is 0 Å². The summed E-state index contributed by atoms with van der Waals surface area (Å²) in [5.74, 6) is 0.836. The topological polar surface area (TPSA) is 27.1 Å². The summed E-state index contributed by atoms with van der Waals surface area (Å²) in [5, 5.41) is 4.33. The zero-order chi connectivity index (χ0) is 11.7. The van der Waals surface area contributed by atoms with Gasteiger partial charge in [-0.25, -0.2) is 0 Å². The van der Waals surface area contributed by atoms with Crippen molar-refractivity contribution in [3.63, 3.8) is 0 Å². The SMILES string of the molecule is COc1ccc(-c2cc(C)nn2C)cc1Br. The molecular formula is C12H13BrN2O. The normalized spacial score (nSPS) is 10.5. The molecule has 0 aliphatic rings. The summed E-state index contributed by atoms with van der Waals surface area (Å²) >= 11 is 3.48. The average Bonchev–Trinajstić information content (AvgIpc) is 2.58. The second-order valence-corrected chi connectivity index (χ2v) is 4.50. The second kappa shape index (κ2) is 4.29. The number of ether oxygens (including phenoxy) is 1. The molecule has 0 radical (unpaired) electrons. The molecule has 1 aromatic heterocycles. The van der Waals surface area contributed by atoms with Crippen LogP contribution in [0, 0.1) is 6.92 Å². The Hall–Kier alpha value is -1.29. The summed E-state index contributed by atoms with van der Waals surface area (Å²) in [6.45, 7) is 1.99. The Balaban J connectivity index is 2.49. The van der Waals surface area contributed by atoms with Gasteiger partial charge in [0, 0.05) is 12.6 Å². The zero-order valence-electron chi connectivity index (χ0n) is 9.49. The van der Waals surface area contributed by atoms with Gasteiger partial charge in [0.05, 0.1) is 23.0 Å². The third-order valence-electron chi connectivity index (χ3n) is 2.45. The number of hydrogen-bond donors (Lipinski definition) is 0. The Bertz CT molecular complexity index is 520. The van der Waals surface area contributed by atoms with Crippen molar-refractivity contribution in [1.29, 1.82) is 0 Å². The first kappa shape index (κ1) is 11.2. The third kappa shape index (κ3) is 1.97. The molecule has 4 heteroatoms. The maximum Gasteiger partial charge on any atom is 0.133 e. The van der Waals surface area contributed by atoms with Crippen LogP contribution in [-0.2, 0) is 7.05 Å². The lowest BCUT2D eigenvalue weighted by molar-refractivity contribution is 0.412. The molecule has 1 aromatic carbocycles. The summed E-state index contributed by atoms with van der Waals surface area (Å²) < 4.78 is 8.03. The van der Waals surface area contributed by atoms with Gasteiger partial charge in [-0.2, -0.15) is 5.10 Å². The van der Waals surface area contributed by atoms with Crippen LogP contribution in [-0.4, -0.2) is 16.9 Å². The Morgan fingerprint density at radius 3 is 2.56 bits per heavy atom. The minimum Gasteiger partial charge on any atom is -0.496 e. The molecule has 0 atom stereocenters. The number of nitrogens with zero attached hydrogens (tertiary/aromatic N) is 2. The minimum atomic E-state index is 0.836. The molecular weight excluding hydrogens is 268 g/mol. The lowest BCUT2D eigenvalue weighted by Crippen LogP contribution is -1.94. The molecule has 0 spiro atoms. The fraction of sp³-hybridized carbons (Fsp3) is 0.250. The summed E-state index contributed by atoms with van der Waals surface area (Å²) in [5.41, 5.74) is 3.24. The summed E-state index contributed by atoms with van der Waals surface area (Å²) in [6.07, 6.45) is 0. The van der Waals surface area contributed by atoms with Gasteiger partial charge in [-0.15, -0.1) is 0 Å². The summed E-state index contributed by atoms with van der Waals surface area (Å²) in [6, 6.07) is 8.07. The van der Waals surface area contributed by atoms with E-state index in [0.717, 1.165) is 27.2 Å². The predicted octanol–water partition coefficient (Wildman–Crippen LogP) is 3.17. The van der Waals surface area contributed by atoms with Gasteiger partial charge in [0.2, 0.25) is 0 Å². The summed E-state index contributed by atoms with van der Waals surface area (Å²) in [4.78, 5) is 0. The fourth-order valence-corrected chi connectivity index (χ4v) is 2.25. The van der Waals surface area contributed by atoms with Crippen LogP contribution in [0.2, 0.25) is 0 Å². The van der Waals surface area contributed by atoms with E-state index >= 15 is 0 Å². The van der Waals surface area contributed by atoms with E-state index in [1.807, 2.05) is 36.9 Å². The number of aryl methyl sites for hydroxylation is 2. The average molecular weight is 281 g/mol. The van der Waals surface area contributed by atoms with E-state index in [9.17, 15) is 0 Å². The third-order valence-corrected chi connectivity index (χ3v) is 3.07. The zero-order valence-corrected chi connectivity index (χ0v) is 11.1. The quantitative estimate of drug-likeness (QED) is 0.845. The van der Waals surface area contributed by atoms with Gasteiger partial charge in [0.1, 0.15) is 5.75 Å². The van der Waals surface area contributed by atoms with Crippen LogP contribution in [0.1, 0.15) is 5.69 Å². The number of aromatic nitrogens is 2. The molecule has 3 nitrogen and oxygen atoms in total. The number of hydrogen-bond acceptors (Lipinski definition) is 2. The van der Waals surface area contributed by atoms with Crippen LogP contribution < -0.4 is 4.74 Å². The van der Waals surface area contributed by atoms with E-state index in [1.54, 1.807) is 7.11 Å². The highest BCUT2D eigenvalue weighted by molar-refractivity contribution is 9.10. The molecule has 0 saturated carbocycles. The molecule has 0 N–H and O–H groups in total. The maximum absolute atomic E-state index is 5.20. The van der Waals surface area contributed by atoms with Crippen molar-refractivity contribution in [3.05, 3.63) is 34.4 Å². The first-order valence-corrected chi connectivity index (χ1v) is 5.75. The molecule has 0 amide bonds. The standard InChI is InChI=1S/C12H13BrN2O/c1-8-6-11(15(2)14-8)9-4-5-12(16-3)10(13)7-9/h4-7H,1-3H3. The Labute approximate surface area is 103 Å². The van der Waals surface area contributed by atoms with Crippen LogP contribution in [0.3, 0.4) is 0 Å². The van der Waals surface area contributed by atoms with Gasteiger partial charge in [-0.05, 0) is 47.1 Å². The highest BCUT2D eigenvalue weighted by Crippen LogP contribution is 2.30. The second-order valence-electron chi connectivity index (χ2n) is 3.64.